The minimum absolute atomic E-state index is 0.238. The molecule has 1 aliphatic heterocycles. The number of carbonyl (C=O) groups excluding carboxylic acids is 1. The minimum atomic E-state index is -0.243. The van der Waals surface area contributed by atoms with E-state index in [4.69, 9.17) is 4.74 Å². The summed E-state index contributed by atoms with van der Waals surface area (Å²) in [4.78, 5) is 12.6. The van der Waals surface area contributed by atoms with Crippen LogP contribution in [0.15, 0.2) is 41.5 Å². The topological polar surface area (TPSA) is 26.3 Å². The average Bonchev–Trinajstić information content (AvgIpc) is 2.51. The summed E-state index contributed by atoms with van der Waals surface area (Å²) in [5, 5.41) is 0. The predicted molar refractivity (Wildman–Crippen MR) is 86.4 cm³/mol. The Morgan fingerprint density at radius 2 is 1.76 bits per heavy atom. The van der Waals surface area contributed by atoms with Gasteiger partial charge < -0.3 is 4.74 Å². The van der Waals surface area contributed by atoms with E-state index in [2.05, 4.69) is 26.0 Å². The fourth-order valence-electron chi connectivity index (χ4n) is 2.96. The van der Waals surface area contributed by atoms with E-state index >= 15 is 0 Å². The van der Waals surface area contributed by atoms with E-state index < -0.39 is 0 Å². The monoisotopic (exact) mass is 286 g/mol. The van der Waals surface area contributed by atoms with E-state index in [0.29, 0.717) is 6.61 Å². The highest BCUT2D eigenvalue weighted by Gasteiger charge is 2.29. The third-order valence-electron chi connectivity index (χ3n) is 4.07. The normalized spacial score (nSPS) is 19.1. The smallest absolute Gasteiger partial charge is 0.187 e. The quantitative estimate of drug-likeness (QED) is 0.738. The molecule has 0 amide bonds. The Labute approximate surface area is 128 Å². The molecule has 0 aromatic heterocycles. The lowest BCUT2D eigenvalue weighted by Gasteiger charge is -2.27. The van der Waals surface area contributed by atoms with Crippen molar-refractivity contribution in [1.29, 1.82) is 0 Å². The van der Waals surface area contributed by atoms with Gasteiger partial charge in [0.25, 0.3) is 0 Å². The molecule has 0 spiro atoms. The van der Waals surface area contributed by atoms with Crippen molar-refractivity contribution in [3.63, 3.8) is 0 Å². The van der Waals surface area contributed by atoms with Crippen molar-refractivity contribution in [3.8, 4) is 0 Å². The highest BCUT2D eigenvalue weighted by molar-refractivity contribution is 6.00. The molecule has 1 aromatic rings. The second kappa shape index (κ2) is 8.14. The summed E-state index contributed by atoms with van der Waals surface area (Å²) in [6.45, 7) is 4.94. The van der Waals surface area contributed by atoms with Crippen LogP contribution in [0, 0.1) is 0 Å². The molecule has 0 radical (unpaired) electrons. The Morgan fingerprint density at radius 1 is 1.05 bits per heavy atom. The van der Waals surface area contributed by atoms with Gasteiger partial charge in [-0.05, 0) is 42.4 Å². The van der Waals surface area contributed by atoms with Crippen LogP contribution in [0.4, 0.5) is 0 Å². The summed E-state index contributed by atoms with van der Waals surface area (Å²) in [5.74, 6) is 0.238. The Morgan fingerprint density at radius 3 is 2.43 bits per heavy atom. The Kier molecular flexibility index (Phi) is 6.19. The van der Waals surface area contributed by atoms with Crippen LogP contribution in [-0.4, -0.2) is 18.5 Å². The fourth-order valence-corrected chi connectivity index (χ4v) is 2.96. The molecule has 0 saturated heterocycles. The molecule has 1 aromatic carbocycles. The number of hydrogen-bond donors (Lipinski definition) is 0. The molecule has 21 heavy (non-hydrogen) atoms. The van der Waals surface area contributed by atoms with Gasteiger partial charge in [-0.1, -0.05) is 57.0 Å². The molecule has 0 fully saturated rings. The maximum atomic E-state index is 12.6. The summed E-state index contributed by atoms with van der Waals surface area (Å²) >= 11 is 0. The molecule has 2 nitrogen and oxygen atoms in total. The van der Waals surface area contributed by atoms with Crippen LogP contribution in [0.5, 0.6) is 0 Å². The lowest BCUT2D eigenvalue weighted by Crippen LogP contribution is -2.33. The molecule has 2 rings (SSSR count). The summed E-state index contributed by atoms with van der Waals surface area (Å²) in [7, 11) is 0. The van der Waals surface area contributed by atoms with Gasteiger partial charge in [-0.25, -0.2) is 0 Å². The average molecular weight is 286 g/mol. The first-order valence-electron chi connectivity index (χ1n) is 8.16. The van der Waals surface area contributed by atoms with Gasteiger partial charge in [-0.3, -0.25) is 4.79 Å². The molecule has 0 bridgehead atoms. The molecule has 1 aliphatic rings. The first kappa shape index (κ1) is 16.0. The summed E-state index contributed by atoms with van der Waals surface area (Å²) in [6, 6.07) is 10.3. The number of hydrogen-bond acceptors (Lipinski definition) is 2. The first-order chi connectivity index (χ1) is 10.3. The maximum Gasteiger partial charge on any atom is 0.187 e. The van der Waals surface area contributed by atoms with Gasteiger partial charge in [0.05, 0.1) is 6.61 Å². The second-order valence-corrected chi connectivity index (χ2v) is 5.77. The van der Waals surface area contributed by atoms with E-state index in [9.17, 15) is 4.79 Å². The molecule has 0 N–H and O–H groups in total. The van der Waals surface area contributed by atoms with Crippen LogP contribution >= 0.6 is 0 Å². The molecule has 0 aliphatic carbocycles. The number of carbonyl (C=O) groups is 1. The number of ketones is 1. The van der Waals surface area contributed by atoms with Crippen LogP contribution in [0.25, 0.3) is 0 Å². The molecule has 1 heterocycles. The van der Waals surface area contributed by atoms with Gasteiger partial charge in [0.1, 0.15) is 6.10 Å². The molecule has 114 valence electrons. The summed E-state index contributed by atoms with van der Waals surface area (Å²) < 4.78 is 5.85. The standard InChI is InChI=1S/C19H26O2/c1-3-8-16-14-21-18(19(20)17(16)9-4-2)13-12-15-10-6-5-7-11-15/h5-7,10-11,18H,3-4,8-9,12-14H2,1-2H3. The summed E-state index contributed by atoms with van der Waals surface area (Å²) in [6.07, 6.45) is 5.45. The number of aryl methyl sites for hydroxylation is 1. The van der Waals surface area contributed by atoms with Gasteiger partial charge >= 0.3 is 0 Å². The van der Waals surface area contributed by atoms with E-state index in [-0.39, 0.29) is 11.9 Å². The van der Waals surface area contributed by atoms with Crippen LogP contribution in [0.1, 0.15) is 51.5 Å². The highest BCUT2D eigenvalue weighted by Crippen LogP contribution is 2.26. The van der Waals surface area contributed by atoms with E-state index in [1.807, 2.05) is 18.2 Å². The lowest BCUT2D eigenvalue weighted by atomic mass is 9.90. The lowest BCUT2D eigenvalue weighted by molar-refractivity contribution is -0.128. The molecule has 1 atom stereocenters. The zero-order valence-corrected chi connectivity index (χ0v) is 13.2. The van der Waals surface area contributed by atoms with Gasteiger partial charge in [0, 0.05) is 0 Å². The molecule has 2 heteroatoms. The van der Waals surface area contributed by atoms with Gasteiger partial charge in [0.15, 0.2) is 5.78 Å². The van der Waals surface area contributed by atoms with E-state index in [1.54, 1.807) is 0 Å². The number of rotatable bonds is 7. The van der Waals surface area contributed by atoms with E-state index in [1.165, 1.54) is 11.1 Å². The minimum Gasteiger partial charge on any atom is -0.366 e. The fraction of sp³-hybridized carbons (Fsp3) is 0.526. The Balaban J connectivity index is 2.01. The van der Waals surface area contributed by atoms with Crippen LogP contribution in [0.2, 0.25) is 0 Å². The largest absolute Gasteiger partial charge is 0.366 e. The van der Waals surface area contributed by atoms with Crippen molar-refractivity contribution in [1.82, 2.24) is 0 Å². The van der Waals surface area contributed by atoms with Gasteiger partial charge in [-0.2, -0.15) is 0 Å². The van der Waals surface area contributed by atoms with Crippen molar-refractivity contribution in [2.45, 2.75) is 58.5 Å². The third-order valence-corrected chi connectivity index (χ3v) is 4.07. The van der Waals surface area contributed by atoms with Gasteiger partial charge in [-0.15, -0.1) is 0 Å². The van der Waals surface area contributed by atoms with Crippen molar-refractivity contribution in [2.75, 3.05) is 6.61 Å². The zero-order chi connectivity index (χ0) is 15.1. The van der Waals surface area contributed by atoms with E-state index in [0.717, 1.165) is 44.1 Å². The third kappa shape index (κ3) is 4.28. The SMILES string of the molecule is CCCC1=C(CCC)C(=O)C(CCc2ccccc2)OC1. The second-order valence-electron chi connectivity index (χ2n) is 5.77. The number of ether oxygens (including phenoxy) is 1. The van der Waals surface area contributed by atoms with Crippen LogP contribution in [-0.2, 0) is 16.0 Å². The zero-order valence-electron chi connectivity index (χ0n) is 13.2. The number of benzene rings is 1. The Bertz CT molecular complexity index is 488. The van der Waals surface area contributed by atoms with Gasteiger partial charge in [0.2, 0.25) is 0 Å². The summed E-state index contributed by atoms with van der Waals surface area (Å²) in [5.41, 5.74) is 3.57. The predicted octanol–water partition coefficient (Wildman–Crippen LogP) is 4.48. The molecule has 1 unspecified atom stereocenters. The Hall–Kier alpha value is -1.41. The van der Waals surface area contributed by atoms with Crippen molar-refractivity contribution < 1.29 is 9.53 Å². The van der Waals surface area contributed by atoms with Crippen molar-refractivity contribution in [3.05, 3.63) is 47.0 Å². The maximum absolute atomic E-state index is 12.6. The molecular weight excluding hydrogens is 260 g/mol. The van der Waals surface area contributed by atoms with Crippen LogP contribution in [0.3, 0.4) is 0 Å². The van der Waals surface area contributed by atoms with Crippen molar-refractivity contribution >= 4 is 5.78 Å². The molecular formula is C19H26O2. The van der Waals surface area contributed by atoms with Crippen LogP contribution < -0.4 is 0 Å². The first-order valence-corrected chi connectivity index (χ1v) is 8.16. The number of Topliss-reactive ketones (excluding diaryl/α,β-unsaturated/α-hetero) is 1. The van der Waals surface area contributed by atoms with Crippen molar-refractivity contribution in [2.24, 2.45) is 0 Å². The highest BCUT2D eigenvalue weighted by atomic mass is 16.5. The molecule has 0 saturated carbocycles.